The van der Waals surface area contributed by atoms with Crippen molar-refractivity contribution in [2.45, 2.75) is 25.9 Å². The van der Waals surface area contributed by atoms with E-state index in [0.717, 1.165) is 10.2 Å². The van der Waals surface area contributed by atoms with Gasteiger partial charge in [0.15, 0.2) is 0 Å². The van der Waals surface area contributed by atoms with E-state index in [0.29, 0.717) is 17.8 Å². The smallest absolute Gasteiger partial charge is 0.270 e. The number of carbonyl (C=O) groups excluding carboxylic acids is 1. The Bertz CT molecular complexity index is 712. The van der Waals surface area contributed by atoms with E-state index < -0.39 is 5.54 Å². The minimum absolute atomic E-state index is 0.237. The highest BCUT2D eigenvalue weighted by atomic mass is 79.9. The number of rotatable bonds is 1. The van der Waals surface area contributed by atoms with Crippen LogP contribution in [0.4, 0.5) is 4.39 Å². The molecular weight excluding hydrogens is 325 g/mol. The molecule has 0 saturated heterocycles. The van der Waals surface area contributed by atoms with Gasteiger partial charge >= 0.3 is 0 Å². The third-order valence-electron chi connectivity index (χ3n) is 3.51. The van der Waals surface area contributed by atoms with Crippen molar-refractivity contribution in [1.29, 1.82) is 0 Å². The summed E-state index contributed by atoms with van der Waals surface area (Å²) in [5, 5.41) is 7.18. The van der Waals surface area contributed by atoms with E-state index in [2.05, 4.69) is 26.3 Å². The van der Waals surface area contributed by atoms with Crippen molar-refractivity contribution in [3.05, 3.63) is 51.5 Å². The lowest BCUT2D eigenvalue weighted by molar-refractivity contribution is 0.0836. The lowest BCUT2D eigenvalue weighted by atomic mass is 9.89. The molecular formula is C14H13BrFN3O. The predicted octanol–water partition coefficient (Wildman–Crippen LogP) is 2.75. The number of aromatic nitrogens is 2. The largest absolute Gasteiger partial charge is 0.339 e. The van der Waals surface area contributed by atoms with Crippen molar-refractivity contribution in [3.8, 4) is 0 Å². The Morgan fingerprint density at radius 1 is 1.45 bits per heavy atom. The van der Waals surface area contributed by atoms with Gasteiger partial charge in [0.05, 0.1) is 17.8 Å². The SMILES string of the molecule is Cc1cc2n(n1)CC(C)(c1cc(Br)ccc1F)NC2=O. The first-order valence-corrected chi connectivity index (χ1v) is 7.01. The lowest BCUT2D eigenvalue weighted by Gasteiger charge is -2.35. The molecule has 1 N–H and O–H groups in total. The summed E-state index contributed by atoms with van der Waals surface area (Å²) in [5.74, 6) is -0.581. The van der Waals surface area contributed by atoms with Crippen molar-refractivity contribution in [2.24, 2.45) is 0 Å². The monoisotopic (exact) mass is 337 g/mol. The van der Waals surface area contributed by atoms with Gasteiger partial charge in [-0.25, -0.2) is 4.39 Å². The molecule has 4 nitrogen and oxygen atoms in total. The van der Waals surface area contributed by atoms with Crippen molar-refractivity contribution >= 4 is 21.8 Å². The van der Waals surface area contributed by atoms with Gasteiger partial charge in [-0.1, -0.05) is 15.9 Å². The first-order chi connectivity index (χ1) is 9.39. The lowest BCUT2D eigenvalue weighted by Crippen LogP contribution is -2.52. The van der Waals surface area contributed by atoms with Gasteiger partial charge in [-0.2, -0.15) is 5.10 Å². The summed E-state index contributed by atoms with van der Waals surface area (Å²) < 4.78 is 16.5. The third kappa shape index (κ3) is 2.04. The number of hydrogen-bond donors (Lipinski definition) is 1. The van der Waals surface area contributed by atoms with Crippen LogP contribution in [-0.4, -0.2) is 15.7 Å². The Balaban J connectivity index is 2.10. The fourth-order valence-electron chi connectivity index (χ4n) is 2.58. The van der Waals surface area contributed by atoms with Crippen molar-refractivity contribution in [3.63, 3.8) is 0 Å². The fourth-order valence-corrected chi connectivity index (χ4v) is 2.94. The zero-order chi connectivity index (χ0) is 14.5. The quantitative estimate of drug-likeness (QED) is 0.869. The molecule has 20 heavy (non-hydrogen) atoms. The highest BCUT2D eigenvalue weighted by Crippen LogP contribution is 2.31. The molecule has 0 saturated carbocycles. The molecule has 1 atom stereocenters. The molecule has 0 fully saturated rings. The summed E-state index contributed by atoms with van der Waals surface area (Å²) in [5.41, 5.74) is 0.902. The average Bonchev–Trinajstić information content (AvgIpc) is 2.73. The van der Waals surface area contributed by atoms with Gasteiger partial charge in [-0.05, 0) is 38.1 Å². The minimum Gasteiger partial charge on any atom is -0.339 e. The second-order valence-electron chi connectivity index (χ2n) is 5.24. The number of carbonyl (C=O) groups is 1. The van der Waals surface area contributed by atoms with Crippen LogP contribution in [-0.2, 0) is 12.1 Å². The molecule has 2 aromatic rings. The molecule has 0 aliphatic carbocycles. The number of aryl methyl sites for hydroxylation is 1. The van der Waals surface area contributed by atoms with Gasteiger partial charge in [-0.15, -0.1) is 0 Å². The zero-order valence-electron chi connectivity index (χ0n) is 11.1. The van der Waals surface area contributed by atoms with Crippen molar-refractivity contribution in [2.75, 3.05) is 0 Å². The van der Waals surface area contributed by atoms with Crippen molar-refractivity contribution in [1.82, 2.24) is 15.1 Å². The number of nitrogens with zero attached hydrogens (tertiary/aromatic N) is 2. The Labute approximate surface area is 124 Å². The Kier molecular flexibility index (Phi) is 2.93. The van der Waals surface area contributed by atoms with Crippen LogP contribution in [0.25, 0.3) is 0 Å². The normalized spacial score (nSPS) is 21.5. The van der Waals surface area contributed by atoms with Gasteiger partial charge in [0, 0.05) is 10.0 Å². The van der Waals surface area contributed by atoms with Gasteiger partial charge < -0.3 is 5.32 Å². The summed E-state index contributed by atoms with van der Waals surface area (Å²) in [6.45, 7) is 4.03. The Hall–Kier alpha value is -1.69. The number of amides is 1. The molecule has 0 bridgehead atoms. The summed E-state index contributed by atoms with van der Waals surface area (Å²) in [6.07, 6.45) is 0. The standard InChI is InChI=1S/C14H13BrFN3O/c1-8-5-12-13(20)17-14(2,7-19(12)18-8)10-6-9(15)3-4-11(10)16/h3-6H,7H2,1-2H3,(H,17,20). The number of halogens is 2. The average molecular weight is 338 g/mol. The maximum Gasteiger partial charge on any atom is 0.270 e. The van der Waals surface area contributed by atoms with Crippen LogP contribution in [0, 0.1) is 12.7 Å². The molecule has 104 valence electrons. The van der Waals surface area contributed by atoms with E-state index in [1.165, 1.54) is 6.07 Å². The second kappa shape index (κ2) is 4.41. The number of fused-ring (bicyclic) bond motifs is 1. The molecule has 3 rings (SSSR count). The van der Waals surface area contributed by atoms with Crippen LogP contribution in [0.3, 0.4) is 0 Å². The molecule has 2 heterocycles. The second-order valence-corrected chi connectivity index (χ2v) is 6.15. The van der Waals surface area contributed by atoms with E-state index >= 15 is 0 Å². The maximum absolute atomic E-state index is 14.1. The van der Waals surface area contributed by atoms with Crippen LogP contribution in [0.5, 0.6) is 0 Å². The van der Waals surface area contributed by atoms with Crippen LogP contribution < -0.4 is 5.32 Å². The topological polar surface area (TPSA) is 46.9 Å². The first kappa shape index (κ1) is 13.3. The van der Waals surface area contributed by atoms with Gasteiger partial charge in [0.1, 0.15) is 11.5 Å². The summed E-state index contributed by atoms with van der Waals surface area (Å²) in [4.78, 5) is 12.2. The maximum atomic E-state index is 14.1. The summed E-state index contributed by atoms with van der Waals surface area (Å²) in [6, 6.07) is 6.44. The van der Waals surface area contributed by atoms with Gasteiger partial charge in [0.2, 0.25) is 0 Å². The molecule has 1 aliphatic heterocycles. The van der Waals surface area contributed by atoms with E-state index in [4.69, 9.17) is 0 Å². The molecule has 0 spiro atoms. The van der Waals surface area contributed by atoms with Crippen molar-refractivity contribution < 1.29 is 9.18 Å². The Morgan fingerprint density at radius 3 is 2.95 bits per heavy atom. The third-order valence-corrected chi connectivity index (χ3v) is 4.01. The van der Waals surface area contributed by atoms with Crippen LogP contribution in [0.2, 0.25) is 0 Å². The first-order valence-electron chi connectivity index (χ1n) is 6.21. The summed E-state index contributed by atoms with van der Waals surface area (Å²) >= 11 is 3.34. The van der Waals surface area contributed by atoms with Crippen LogP contribution in [0.1, 0.15) is 28.7 Å². The number of benzene rings is 1. The van der Waals surface area contributed by atoms with E-state index in [-0.39, 0.29) is 11.7 Å². The van der Waals surface area contributed by atoms with E-state index in [9.17, 15) is 9.18 Å². The van der Waals surface area contributed by atoms with Crippen LogP contribution in [0.15, 0.2) is 28.7 Å². The highest BCUT2D eigenvalue weighted by molar-refractivity contribution is 9.10. The van der Waals surface area contributed by atoms with Crippen LogP contribution >= 0.6 is 15.9 Å². The Morgan fingerprint density at radius 2 is 2.20 bits per heavy atom. The van der Waals surface area contributed by atoms with Gasteiger partial charge in [-0.3, -0.25) is 9.48 Å². The number of hydrogen-bond acceptors (Lipinski definition) is 2. The molecule has 0 radical (unpaired) electrons. The molecule has 1 aliphatic rings. The molecule has 1 aromatic heterocycles. The zero-order valence-corrected chi connectivity index (χ0v) is 12.7. The van der Waals surface area contributed by atoms with E-state index in [1.54, 1.807) is 29.8 Å². The molecule has 1 unspecified atom stereocenters. The van der Waals surface area contributed by atoms with E-state index in [1.807, 2.05) is 6.92 Å². The summed E-state index contributed by atoms with van der Waals surface area (Å²) in [7, 11) is 0. The minimum atomic E-state index is -0.823. The van der Waals surface area contributed by atoms with Gasteiger partial charge in [0.25, 0.3) is 5.91 Å². The molecule has 1 amide bonds. The number of nitrogens with one attached hydrogen (secondary N) is 1. The molecule has 6 heteroatoms. The molecule has 1 aromatic carbocycles. The highest BCUT2D eigenvalue weighted by Gasteiger charge is 2.38. The predicted molar refractivity (Wildman–Crippen MR) is 75.9 cm³/mol. The fraction of sp³-hybridized carbons (Fsp3) is 0.286.